The topological polar surface area (TPSA) is 83.6 Å². The molecule has 0 saturated heterocycles. The van der Waals surface area contributed by atoms with E-state index in [2.05, 4.69) is 0 Å². The molecule has 0 heterocycles. The third-order valence-corrected chi connectivity index (χ3v) is 4.51. The fourth-order valence-electron chi connectivity index (χ4n) is 1.72. The smallest absolute Gasteiger partial charge is 0.264 e. The molecular formula is C13H13FN2O3S. The molecule has 0 aliphatic heterocycles. The molecule has 0 unspecified atom stereocenters. The van der Waals surface area contributed by atoms with Gasteiger partial charge >= 0.3 is 0 Å². The second-order valence-electron chi connectivity index (χ2n) is 4.21. The van der Waals surface area contributed by atoms with Crippen molar-refractivity contribution >= 4 is 21.4 Å². The Labute approximate surface area is 116 Å². The van der Waals surface area contributed by atoms with Crippen LogP contribution in [0.25, 0.3) is 0 Å². The van der Waals surface area contributed by atoms with E-state index < -0.39 is 15.8 Å². The molecule has 7 heteroatoms. The number of nitrogens with zero attached hydrogens (tertiary/aromatic N) is 1. The third kappa shape index (κ3) is 2.67. The Bertz CT molecular complexity index is 727. The minimum atomic E-state index is -3.95. The molecule has 0 spiro atoms. The van der Waals surface area contributed by atoms with E-state index in [1.54, 1.807) is 0 Å². The maximum absolute atomic E-state index is 13.3. The normalized spacial score (nSPS) is 11.3. The van der Waals surface area contributed by atoms with Crippen molar-refractivity contribution in [3.8, 4) is 5.75 Å². The van der Waals surface area contributed by atoms with E-state index in [-0.39, 0.29) is 22.0 Å². The lowest BCUT2D eigenvalue weighted by molar-refractivity contribution is 0.475. The summed E-state index contributed by atoms with van der Waals surface area (Å²) in [6, 6.07) is 8.84. The summed E-state index contributed by atoms with van der Waals surface area (Å²) in [7, 11) is -2.64. The number of nitrogens with two attached hydrogens (primary N) is 1. The van der Waals surface area contributed by atoms with Crippen LogP contribution in [0.3, 0.4) is 0 Å². The van der Waals surface area contributed by atoms with Crippen molar-refractivity contribution in [3.63, 3.8) is 0 Å². The van der Waals surface area contributed by atoms with Crippen LogP contribution in [0.5, 0.6) is 5.75 Å². The average molecular weight is 296 g/mol. The highest BCUT2D eigenvalue weighted by atomic mass is 32.2. The van der Waals surface area contributed by atoms with Crippen LogP contribution in [0.4, 0.5) is 15.8 Å². The molecule has 2 rings (SSSR count). The highest BCUT2D eigenvalue weighted by Gasteiger charge is 2.22. The lowest BCUT2D eigenvalue weighted by atomic mass is 10.3. The van der Waals surface area contributed by atoms with Gasteiger partial charge in [0.1, 0.15) is 11.6 Å². The van der Waals surface area contributed by atoms with E-state index in [1.807, 2.05) is 0 Å². The van der Waals surface area contributed by atoms with Crippen LogP contribution >= 0.6 is 0 Å². The molecule has 3 N–H and O–H groups in total. The average Bonchev–Trinajstić information content (AvgIpc) is 2.36. The summed E-state index contributed by atoms with van der Waals surface area (Å²) in [4.78, 5) is -0.249. The summed E-state index contributed by atoms with van der Waals surface area (Å²) >= 11 is 0. The first kappa shape index (κ1) is 14.1. The summed E-state index contributed by atoms with van der Waals surface area (Å²) in [5, 5.41) is 9.38. The Morgan fingerprint density at radius 1 is 1.20 bits per heavy atom. The maximum Gasteiger partial charge on any atom is 0.264 e. The molecule has 20 heavy (non-hydrogen) atoms. The minimum absolute atomic E-state index is 0.0212. The lowest BCUT2D eigenvalue weighted by Gasteiger charge is -2.19. The highest BCUT2D eigenvalue weighted by molar-refractivity contribution is 7.92. The van der Waals surface area contributed by atoms with Gasteiger partial charge in [-0.05, 0) is 30.3 Å². The molecule has 106 valence electrons. The number of benzene rings is 2. The van der Waals surface area contributed by atoms with Crippen molar-refractivity contribution in [2.24, 2.45) is 0 Å². The fraction of sp³-hybridized carbons (Fsp3) is 0.0769. The molecule has 0 radical (unpaired) electrons. The molecule has 0 aliphatic carbocycles. The van der Waals surface area contributed by atoms with Gasteiger partial charge in [-0.2, -0.15) is 0 Å². The van der Waals surface area contributed by atoms with Crippen LogP contribution in [0.2, 0.25) is 0 Å². The highest BCUT2D eigenvalue weighted by Crippen LogP contribution is 2.26. The molecule has 0 amide bonds. The zero-order valence-corrected chi connectivity index (χ0v) is 11.4. The van der Waals surface area contributed by atoms with Crippen LogP contribution < -0.4 is 10.0 Å². The Hall–Kier alpha value is -2.28. The second-order valence-corrected chi connectivity index (χ2v) is 6.18. The van der Waals surface area contributed by atoms with Gasteiger partial charge in [0.25, 0.3) is 10.0 Å². The number of phenolic OH excluding ortho intramolecular Hbond substituents is 1. The number of anilines is 2. The standard InChI is InChI=1S/C13H13FN2O3S/c1-16(11-3-2-4-12(17)8-11)20(18,19)13-6-9(14)5-10(15)7-13/h2-8,17H,15H2,1H3. The van der Waals surface area contributed by atoms with Gasteiger partial charge in [-0.1, -0.05) is 6.07 Å². The first-order valence-electron chi connectivity index (χ1n) is 5.65. The van der Waals surface area contributed by atoms with Gasteiger partial charge in [-0.15, -0.1) is 0 Å². The summed E-state index contributed by atoms with van der Waals surface area (Å²) < 4.78 is 39.0. The van der Waals surface area contributed by atoms with Crippen molar-refractivity contribution in [2.45, 2.75) is 4.90 Å². The SMILES string of the molecule is CN(c1cccc(O)c1)S(=O)(=O)c1cc(N)cc(F)c1. The zero-order valence-electron chi connectivity index (χ0n) is 10.6. The predicted molar refractivity (Wildman–Crippen MR) is 74.5 cm³/mol. The molecule has 0 aliphatic rings. The predicted octanol–water partition coefficient (Wildman–Crippen LogP) is 1.94. The summed E-state index contributed by atoms with van der Waals surface area (Å²) in [5.74, 6) is -0.795. The molecule has 0 aromatic heterocycles. The minimum Gasteiger partial charge on any atom is -0.508 e. The second kappa shape index (κ2) is 5.01. The van der Waals surface area contributed by atoms with Crippen LogP contribution in [0.15, 0.2) is 47.4 Å². The largest absolute Gasteiger partial charge is 0.508 e. The van der Waals surface area contributed by atoms with E-state index in [0.29, 0.717) is 0 Å². The number of nitrogen functional groups attached to an aromatic ring is 1. The summed E-state index contributed by atoms with van der Waals surface area (Å²) in [6.45, 7) is 0. The molecule has 2 aromatic rings. The molecule has 0 atom stereocenters. The van der Waals surface area contributed by atoms with E-state index in [4.69, 9.17) is 5.73 Å². The van der Waals surface area contributed by atoms with Crippen molar-refractivity contribution in [1.29, 1.82) is 0 Å². The van der Waals surface area contributed by atoms with Crippen LogP contribution in [0.1, 0.15) is 0 Å². The number of rotatable bonds is 3. The number of halogens is 1. The van der Waals surface area contributed by atoms with Gasteiger partial charge in [0.2, 0.25) is 0 Å². The molecule has 0 fully saturated rings. The molecule has 2 aromatic carbocycles. The summed E-state index contributed by atoms with van der Waals surface area (Å²) in [5.41, 5.74) is 5.73. The maximum atomic E-state index is 13.3. The Balaban J connectivity index is 2.49. The van der Waals surface area contributed by atoms with Crippen molar-refractivity contribution in [3.05, 3.63) is 48.3 Å². The van der Waals surface area contributed by atoms with Crippen LogP contribution in [0, 0.1) is 5.82 Å². The molecule has 0 saturated carbocycles. The molecule has 0 bridgehead atoms. The molecular weight excluding hydrogens is 283 g/mol. The van der Waals surface area contributed by atoms with E-state index in [1.165, 1.54) is 37.4 Å². The number of hydrogen-bond donors (Lipinski definition) is 2. The monoisotopic (exact) mass is 296 g/mol. The van der Waals surface area contributed by atoms with Crippen molar-refractivity contribution in [1.82, 2.24) is 0 Å². The quantitative estimate of drug-likeness (QED) is 0.848. The van der Waals surface area contributed by atoms with Gasteiger partial charge in [0, 0.05) is 18.8 Å². The van der Waals surface area contributed by atoms with E-state index in [9.17, 15) is 17.9 Å². The van der Waals surface area contributed by atoms with Gasteiger partial charge in [0.05, 0.1) is 10.6 Å². The number of hydrogen-bond acceptors (Lipinski definition) is 4. The van der Waals surface area contributed by atoms with Gasteiger partial charge < -0.3 is 10.8 Å². The van der Waals surface area contributed by atoms with E-state index >= 15 is 0 Å². The van der Waals surface area contributed by atoms with Gasteiger partial charge in [-0.25, -0.2) is 12.8 Å². The van der Waals surface area contributed by atoms with Crippen molar-refractivity contribution < 1.29 is 17.9 Å². The first-order chi connectivity index (χ1) is 9.30. The van der Waals surface area contributed by atoms with Gasteiger partial charge in [-0.3, -0.25) is 4.31 Å². The lowest BCUT2D eigenvalue weighted by Crippen LogP contribution is -2.26. The Morgan fingerprint density at radius 3 is 2.50 bits per heavy atom. The van der Waals surface area contributed by atoms with Gasteiger partial charge in [0.15, 0.2) is 0 Å². The van der Waals surface area contributed by atoms with Crippen molar-refractivity contribution in [2.75, 3.05) is 17.1 Å². The number of phenols is 1. The molecule has 5 nitrogen and oxygen atoms in total. The van der Waals surface area contributed by atoms with Crippen LogP contribution in [-0.4, -0.2) is 20.6 Å². The zero-order chi connectivity index (χ0) is 14.9. The van der Waals surface area contributed by atoms with E-state index in [0.717, 1.165) is 16.4 Å². The summed E-state index contributed by atoms with van der Waals surface area (Å²) in [6.07, 6.45) is 0. The van der Waals surface area contributed by atoms with Crippen LogP contribution in [-0.2, 0) is 10.0 Å². The number of aromatic hydroxyl groups is 1. The Morgan fingerprint density at radius 2 is 1.90 bits per heavy atom. The number of sulfonamides is 1. The third-order valence-electron chi connectivity index (χ3n) is 2.75. The Kier molecular flexibility index (Phi) is 3.54. The first-order valence-corrected chi connectivity index (χ1v) is 7.09. The fourth-order valence-corrected chi connectivity index (χ4v) is 2.97.